The number of hydrogen-bond acceptors (Lipinski definition) is 5. The summed E-state index contributed by atoms with van der Waals surface area (Å²) in [4.78, 5) is 4.24. The Kier molecular flexibility index (Phi) is 4.93. The van der Waals surface area contributed by atoms with E-state index in [-0.39, 0.29) is 6.61 Å². The Balaban J connectivity index is 1.97. The lowest BCUT2D eigenvalue weighted by Gasteiger charge is -2.07. The molecule has 19 heavy (non-hydrogen) atoms. The molecule has 1 aromatic heterocycles. The average Bonchev–Trinajstić information content (AvgIpc) is 2.85. The Bertz CT molecular complexity index is 542. The molecule has 0 bridgehead atoms. The van der Waals surface area contributed by atoms with Crippen LogP contribution in [-0.4, -0.2) is 10.1 Å². The number of nitrogens with zero attached hydrogens (tertiary/aromatic N) is 2. The van der Waals surface area contributed by atoms with Crippen LogP contribution in [-0.2, 0) is 19.6 Å². The summed E-state index contributed by atoms with van der Waals surface area (Å²) >= 11 is 3.45. The summed E-state index contributed by atoms with van der Waals surface area (Å²) in [6.07, 6.45) is 1.77. The molecule has 0 radical (unpaired) electrons. The molecule has 0 amide bonds. The van der Waals surface area contributed by atoms with Gasteiger partial charge in [0.15, 0.2) is 6.61 Å². The third kappa shape index (κ3) is 3.78. The monoisotopic (exact) mass is 325 g/mol. The zero-order chi connectivity index (χ0) is 13.7. The van der Waals surface area contributed by atoms with Crippen LogP contribution in [0, 0.1) is 0 Å². The highest BCUT2D eigenvalue weighted by molar-refractivity contribution is 9.10. The van der Waals surface area contributed by atoms with Crippen molar-refractivity contribution in [2.24, 2.45) is 5.73 Å². The highest BCUT2D eigenvalue weighted by Gasteiger charge is 2.08. The van der Waals surface area contributed by atoms with E-state index in [0.717, 1.165) is 28.6 Å². The summed E-state index contributed by atoms with van der Waals surface area (Å²) in [6.45, 7) is 2.86. The molecule has 0 aliphatic carbocycles. The number of halogens is 1. The van der Waals surface area contributed by atoms with Crippen molar-refractivity contribution in [2.75, 3.05) is 0 Å². The van der Waals surface area contributed by atoms with Gasteiger partial charge in [0.25, 0.3) is 0 Å². The van der Waals surface area contributed by atoms with Gasteiger partial charge in [-0.1, -0.05) is 18.1 Å². The second-order valence-corrected chi connectivity index (χ2v) is 4.97. The highest BCUT2D eigenvalue weighted by Crippen LogP contribution is 2.26. The molecular weight excluding hydrogens is 310 g/mol. The third-order valence-corrected chi connectivity index (χ3v) is 3.18. The maximum Gasteiger partial charge on any atom is 0.226 e. The summed E-state index contributed by atoms with van der Waals surface area (Å²) in [7, 11) is 0. The molecule has 2 N–H and O–H groups in total. The summed E-state index contributed by atoms with van der Waals surface area (Å²) < 4.78 is 11.6. The number of rotatable bonds is 6. The van der Waals surface area contributed by atoms with E-state index in [4.69, 9.17) is 15.0 Å². The molecule has 102 valence electrons. The molecule has 0 saturated heterocycles. The Hall–Kier alpha value is -1.40. The van der Waals surface area contributed by atoms with Crippen molar-refractivity contribution in [3.05, 3.63) is 40.0 Å². The highest BCUT2D eigenvalue weighted by atomic mass is 79.9. The predicted molar refractivity (Wildman–Crippen MR) is 74.7 cm³/mol. The van der Waals surface area contributed by atoms with Crippen LogP contribution in [0.1, 0.15) is 30.6 Å². The van der Waals surface area contributed by atoms with Gasteiger partial charge in [-0.2, -0.15) is 4.98 Å². The molecule has 0 aliphatic heterocycles. The smallest absolute Gasteiger partial charge is 0.226 e. The van der Waals surface area contributed by atoms with Gasteiger partial charge in [-0.25, -0.2) is 0 Å². The van der Waals surface area contributed by atoms with Gasteiger partial charge in [-0.05, 0) is 40.0 Å². The van der Waals surface area contributed by atoms with E-state index in [2.05, 4.69) is 33.0 Å². The van der Waals surface area contributed by atoms with E-state index in [9.17, 15) is 0 Å². The van der Waals surface area contributed by atoms with E-state index in [1.165, 1.54) is 0 Å². The molecule has 0 unspecified atom stereocenters. The first-order chi connectivity index (χ1) is 9.22. The number of nitrogens with two attached hydrogens (primary N) is 1. The van der Waals surface area contributed by atoms with Crippen LogP contribution in [0.2, 0.25) is 0 Å². The minimum absolute atomic E-state index is 0.286. The first-order valence-corrected chi connectivity index (χ1v) is 6.95. The van der Waals surface area contributed by atoms with Crippen molar-refractivity contribution < 1.29 is 9.26 Å². The molecule has 1 heterocycles. The number of benzene rings is 1. The first-order valence-electron chi connectivity index (χ1n) is 6.15. The molecule has 0 spiro atoms. The fourth-order valence-electron chi connectivity index (χ4n) is 1.59. The molecular formula is C13H16BrN3O2. The fourth-order valence-corrected chi connectivity index (χ4v) is 2.14. The van der Waals surface area contributed by atoms with Gasteiger partial charge in [0.1, 0.15) is 5.75 Å². The Morgan fingerprint density at radius 3 is 2.95 bits per heavy atom. The number of aryl methyl sites for hydroxylation is 1. The lowest BCUT2D eigenvalue weighted by molar-refractivity contribution is 0.283. The van der Waals surface area contributed by atoms with Crippen LogP contribution in [0.3, 0.4) is 0 Å². The van der Waals surface area contributed by atoms with Crippen LogP contribution >= 0.6 is 15.9 Å². The maximum absolute atomic E-state index is 5.64. The van der Waals surface area contributed by atoms with Gasteiger partial charge in [0.05, 0.1) is 4.47 Å². The van der Waals surface area contributed by atoms with Crippen LogP contribution in [0.5, 0.6) is 5.75 Å². The molecule has 0 atom stereocenters. The van der Waals surface area contributed by atoms with Crippen LogP contribution in [0.4, 0.5) is 0 Å². The van der Waals surface area contributed by atoms with Crippen molar-refractivity contribution in [1.82, 2.24) is 10.1 Å². The molecule has 6 heteroatoms. The van der Waals surface area contributed by atoms with Gasteiger partial charge in [0.2, 0.25) is 11.7 Å². The Labute approximate surface area is 120 Å². The van der Waals surface area contributed by atoms with Gasteiger partial charge >= 0.3 is 0 Å². The zero-order valence-electron chi connectivity index (χ0n) is 10.7. The zero-order valence-corrected chi connectivity index (χ0v) is 12.3. The lowest BCUT2D eigenvalue weighted by Crippen LogP contribution is -2.00. The summed E-state index contributed by atoms with van der Waals surface area (Å²) in [5.74, 6) is 1.94. The molecule has 5 nitrogen and oxygen atoms in total. The number of ether oxygens (including phenoxy) is 1. The van der Waals surface area contributed by atoms with E-state index in [0.29, 0.717) is 18.3 Å². The second-order valence-electron chi connectivity index (χ2n) is 4.11. The Morgan fingerprint density at radius 1 is 1.42 bits per heavy atom. The van der Waals surface area contributed by atoms with Gasteiger partial charge in [-0.15, -0.1) is 0 Å². The van der Waals surface area contributed by atoms with E-state index in [1.807, 2.05) is 18.2 Å². The van der Waals surface area contributed by atoms with E-state index < -0.39 is 0 Å². The van der Waals surface area contributed by atoms with E-state index in [1.54, 1.807) is 0 Å². The van der Waals surface area contributed by atoms with Crippen molar-refractivity contribution in [1.29, 1.82) is 0 Å². The van der Waals surface area contributed by atoms with Crippen molar-refractivity contribution in [3.63, 3.8) is 0 Å². The minimum atomic E-state index is 0.286. The van der Waals surface area contributed by atoms with Crippen molar-refractivity contribution in [3.8, 4) is 5.75 Å². The molecule has 0 aliphatic rings. The predicted octanol–water partition coefficient (Wildman–Crippen LogP) is 2.82. The first kappa shape index (κ1) is 14.0. The van der Waals surface area contributed by atoms with E-state index >= 15 is 0 Å². The van der Waals surface area contributed by atoms with Gasteiger partial charge < -0.3 is 15.0 Å². The summed E-state index contributed by atoms with van der Waals surface area (Å²) in [5, 5.41) is 3.87. The van der Waals surface area contributed by atoms with Crippen LogP contribution in [0.25, 0.3) is 0 Å². The average molecular weight is 326 g/mol. The van der Waals surface area contributed by atoms with Crippen molar-refractivity contribution >= 4 is 15.9 Å². The normalized spacial score (nSPS) is 10.7. The fraction of sp³-hybridized carbons (Fsp3) is 0.385. The molecule has 1 aromatic carbocycles. The molecule has 2 aromatic rings. The third-order valence-electron chi connectivity index (χ3n) is 2.56. The second kappa shape index (κ2) is 6.68. The van der Waals surface area contributed by atoms with Gasteiger partial charge in [-0.3, -0.25) is 0 Å². The van der Waals surface area contributed by atoms with Crippen molar-refractivity contribution in [2.45, 2.75) is 32.9 Å². The van der Waals surface area contributed by atoms with Gasteiger partial charge in [0, 0.05) is 13.0 Å². The topological polar surface area (TPSA) is 74.2 Å². The lowest BCUT2D eigenvalue weighted by atomic mass is 10.2. The minimum Gasteiger partial charge on any atom is -0.484 e. The maximum atomic E-state index is 5.64. The Morgan fingerprint density at radius 2 is 2.26 bits per heavy atom. The quantitative estimate of drug-likeness (QED) is 0.883. The summed E-state index contributed by atoms with van der Waals surface area (Å²) in [6, 6.07) is 5.74. The SMILES string of the molecule is CCCc1nc(COc2ccc(CN)cc2Br)no1. The van der Waals surface area contributed by atoms with Crippen LogP contribution < -0.4 is 10.5 Å². The van der Waals surface area contributed by atoms with Crippen LogP contribution in [0.15, 0.2) is 27.2 Å². The molecule has 0 fully saturated rings. The molecule has 0 saturated carbocycles. The number of hydrogen-bond donors (Lipinski definition) is 1. The standard InChI is InChI=1S/C13H16BrN3O2/c1-2-3-13-16-12(17-19-13)8-18-11-5-4-9(7-15)6-10(11)14/h4-6H,2-3,7-8,15H2,1H3. The molecule has 2 rings (SSSR count). The summed E-state index contributed by atoms with van der Waals surface area (Å²) in [5.41, 5.74) is 6.62. The number of aromatic nitrogens is 2. The largest absolute Gasteiger partial charge is 0.484 e.